The monoisotopic (exact) mass is 196 g/mol. The van der Waals surface area contributed by atoms with Gasteiger partial charge in [0.1, 0.15) is 0 Å². The fraction of sp³-hybridized carbons (Fsp3) is 0.909. The standard InChI is InChI=1S/C11H20N2O/c1-10(14)13-8-3-2-5-11(13)6-4-7-12-9-11/h12H,2-9H2,1H3/t11-/m0/s1. The first-order valence-corrected chi connectivity index (χ1v) is 5.74. The van der Waals surface area contributed by atoms with E-state index in [0.717, 1.165) is 19.6 Å². The first kappa shape index (κ1) is 9.97. The average molecular weight is 196 g/mol. The van der Waals surface area contributed by atoms with Gasteiger partial charge in [0.05, 0.1) is 5.54 Å². The summed E-state index contributed by atoms with van der Waals surface area (Å²) < 4.78 is 0. The maximum absolute atomic E-state index is 11.6. The van der Waals surface area contributed by atoms with E-state index in [0.29, 0.717) is 0 Å². The number of hydrogen-bond donors (Lipinski definition) is 1. The van der Waals surface area contributed by atoms with Crippen molar-refractivity contribution in [3.05, 3.63) is 0 Å². The summed E-state index contributed by atoms with van der Waals surface area (Å²) in [5, 5.41) is 3.44. The summed E-state index contributed by atoms with van der Waals surface area (Å²) in [4.78, 5) is 13.7. The van der Waals surface area contributed by atoms with Crippen molar-refractivity contribution in [1.82, 2.24) is 10.2 Å². The van der Waals surface area contributed by atoms with E-state index in [1.165, 1.54) is 32.1 Å². The lowest BCUT2D eigenvalue weighted by Crippen LogP contribution is -2.61. The maximum atomic E-state index is 11.6. The molecule has 0 aromatic carbocycles. The van der Waals surface area contributed by atoms with Crippen molar-refractivity contribution in [2.24, 2.45) is 0 Å². The Labute approximate surface area is 85.8 Å². The molecule has 2 aliphatic rings. The Bertz CT molecular complexity index is 213. The van der Waals surface area contributed by atoms with Crippen LogP contribution in [0.4, 0.5) is 0 Å². The van der Waals surface area contributed by atoms with Crippen molar-refractivity contribution < 1.29 is 4.79 Å². The number of amides is 1. The second-order valence-electron chi connectivity index (χ2n) is 4.63. The molecular formula is C11H20N2O. The Morgan fingerprint density at radius 1 is 1.29 bits per heavy atom. The van der Waals surface area contributed by atoms with E-state index in [1.54, 1.807) is 6.92 Å². The zero-order valence-corrected chi connectivity index (χ0v) is 9.01. The van der Waals surface area contributed by atoms with Crippen LogP contribution in [0.5, 0.6) is 0 Å². The number of hydrogen-bond acceptors (Lipinski definition) is 2. The predicted octanol–water partition coefficient (Wildman–Crippen LogP) is 1.14. The molecule has 1 N–H and O–H groups in total. The van der Waals surface area contributed by atoms with Gasteiger partial charge in [-0.05, 0) is 38.6 Å². The highest BCUT2D eigenvalue weighted by molar-refractivity contribution is 5.74. The summed E-state index contributed by atoms with van der Waals surface area (Å²) in [5.74, 6) is 0.258. The van der Waals surface area contributed by atoms with E-state index in [1.807, 2.05) is 0 Å². The molecule has 14 heavy (non-hydrogen) atoms. The van der Waals surface area contributed by atoms with Crippen LogP contribution < -0.4 is 5.32 Å². The minimum Gasteiger partial charge on any atom is -0.336 e. The normalized spacial score (nSPS) is 33.4. The molecule has 0 aromatic heterocycles. The third-order valence-corrected chi connectivity index (χ3v) is 3.68. The minimum atomic E-state index is 0.169. The zero-order valence-electron chi connectivity index (χ0n) is 9.01. The van der Waals surface area contributed by atoms with Crippen LogP contribution in [0.3, 0.4) is 0 Å². The summed E-state index contributed by atoms with van der Waals surface area (Å²) in [6, 6.07) is 0. The molecule has 2 fully saturated rings. The molecule has 0 aromatic rings. The smallest absolute Gasteiger partial charge is 0.219 e. The van der Waals surface area contributed by atoms with Gasteiger partial charge in [-0.3, -0.25) is 4.79 Å². The fourth-order valence-corrected chi connectivity index (χ4v) is 2.98. The predicted molar refractivity (Wildman–Crippen MR) is 56.1 cm³/mol. The molecule has 0 radical (unpaired) electrons. The van der Waals surface area contributed by atoms with Gasteiger partial charge in [-0.25, -0.2) is 0 Å². The van der Waals surface area contributed by atoms with Gasteiger partial charge in [-0.15, -0.1) is 0 Å². The molecule has 80 valence electrons. The highest BCUT2D eigenvalue weighted by Crippen LogP contribution is 2.33. The van der Waals surface area contributed by atoms with E-state index < -0.39 is 0 Å². The van der Waals surface area contributed by atoms with Gasteiger partial charge in [0, 0.05) is 20.0 Å². The van der Waals surface area contributed by atoms with Crippen LogP contribution in [-0.4, -0.2) is 36.0 Å². The summed E-state index contributed by atoms with van der Waals surface area (Å²) in [6.07, 6.45) is 6.07. The molecule has 0 aliphatic carbocycles. The van der Waals surface area contributed by atoms with Gasteiger partial charge in [-0.1, -0.05) is 0 Å². The Hall–Kier alpha value is -0.570. The lowest BCUT2D eigenvalue weighted by Gasteiger charge is -2.49. The van der Waals surface area contributed by atoms with Crippen molar-refractivity contribution >= 4 is 5.91 Å². The Morgan fingerprint density at radius 2 is 2.07 bits per heavy atom. The van der Waals surface area contributed by atoms with E-state index in [-0.39, 0.29) is 11.4 Å². The van der Waals surface area contributed by atoms with Crippen molar-refractivity contribution in [3.8, 4) is 0 Å². The molecule has 3 heteroatoms. The molecule has 2 rings (SSSR count). The van der Waals surface area contributed by atoms with E-state index in [4.69, 9.17) is 0 Å². The third kappa shape index (κ3) is 1.65. The van der Waals surface area contributed by atoms with Gasteiger partial charge in [0.2, 0.25) is 5.91 Å². The number of nitrogens with one attached hydrogen (secondary N) is 1. The van der Waals surface area contributed by atoms with Crippen LogP contribution in [0.25, 0.3) is 0 Å². The largest absolute Gasteiger partial charge is 0.336 e. The molecule has 1 atom stereocenters. The van der Waals surface area contributed by atoms with Gasteiger partial charge < -0.3 is 10.2 Å². The minimum absolute atomic E-state index is 0.169. The van der Waals surface area contributed by atoms with Gasteiger partial charge in [0.25, 0.3) is 0 Å². The highest BCUT2D eigenvalue weighted by atomic mass is 16.2. The quantitative estimate of drug-likeness (QED) is 0.630. The lowest BCUT2D eigenvalue weighted by molar-refractivity contribution is -0.138. The Balaban J connectivity index is 2.14. The van der Waals surface area contributed by atoms with E-state index in [2.05, 4.69) is 10.2 Å². The summed E-state index contributed by atoms with van der Waals surface area (Å²) in [7, 11) is 0. The summed E-state index contributed by atoms with van der Waals surface area (Å²) >= 11 is 0. The molecule has 0 saturated carbocycles. The fourth-order valence-electron chi connectivity index (χ4n) is 2.98. The van der Waals surface area contributed by atoms with E-state index >= 15 is 0 Å². The van der Waals surface area contributed by atoms with Crippen molar-refractivity contribution in [2.45, 2.75) is 44.6 Å². The topological polar surface area (TPSA) is 32.3 Å². The van der Waals surface area contributed by atoms with Crippen LogP contribution in [0, 0.1) is 0 Å². The average Bonchev–Trinajstić information content (AvgIpc) is 2.19. The van der Waals surface area contributed by atoms with E-state index in [9.17, 15) is 4.79 Å². The van der Waals surface area contributed by atoms with Gasteiger partial charge in [-0.2, -0.15) is 0 Å². The lowest BCUT2D eigenvalue weighted by atomic mass is 9.80. The van der Waals surface area contributed by atoms with Crippen LogP contribution in [0.1, 0.15) is 39.0 Å². The zero-order chi connectivity index (χ0) is 10.0. The Morgan fingerprint density at radius 3 is 2.71 bits per heavy atom. The molecular weight excluding hydrogens is 176 g/mol. The summed E-state index contributed by atoms with van der Waals surface area (Å²) in [5.41, 5.74) is 0.169. The molecule has 0 unspecified atom stereocenters. The molecule has 2 aliphatic heterocycles. The maximum Gasteiger partial charge on any atom is 0.219 e. The molecule has 0 bridgehead atoms. The molecule has 1 amide bonds. The van der Waals surface area contributed by atoms with Crippen molar-refractivity contribution in [3.63, 3.8) is 0 Å². The first-order chi connectivity index (χ1) is 6.75. The third-order valence-electron chi connectivity index (χ3n) is 3.68. The number of carbonyl (C=O) groups excluding carboxylic acids is 1. The SMILES string of the molecule is CC(=O)N1CCCC[C@@]12CCCNC2. The number of nitrogens with zero attached hydrogens (tertiary/aromatic N) is 1. The van der Waals surface area contributed by atoms with Crippen LogP contribution in [0.2, 0.25) is 0 Å². The molecule has 1 spiro atoms. The summed E-state index contributed by atoms with van der Waals surface area (Å²) in [6.45, 7) is 4.80. The number of likely N-dealkylation sites (tertiary alicyclic amines) is 1. The van der Waals surface area contributed by atoms with Crippen LogP contribution in [-0.2, 0) is 4.79 Å². The van der Waals surface area contributed by atoms with Gasteiger partial charge >= 0.3 is 0 Å². The van der Waals surface area contributed by atoms with Crippen LogP contribution >= 0.6 is 0 Å². The van der Waals surface area contributed by atoms with Crippen molar-refractivity contribution in [1.29, 1.82) is 0 Å². The molecule has 2 heterocycles. The molecule has 3 nitrogen and oxygen atoms in total. The molecule has 2 saturated heterocycles. The van der Waals surface area contributed by atoms with Crippen LogP contribution in [0.15, 0.2) is 0 Å². The van der Waals surface area contributed by atoms with Gasteiger partial charge in [0.15, 0.2) is 0 Å². The Kier molecular flexibility index (Phi) is 2.77. The number of piperidine rings is 2. The first-order valence-electron chi connectivity index (χ1n) is 5.74. The highest BCUT2D eigenvalue weighted by Gasteiger charge is 2.40. The second-order valence-corrected chi connectivity index (χ2v) is 4.63. The number of carbonyl (C=O) groups is 1. The van der Waals surface area contributed by atoms with Crippen molar-refractivity contribution in [2.75, 3.05) is 19.6 Å². The number of rotatable bonds is 0. The second kappa shape index (κ2) is 3.89.